The van der Waals surface area contributed by atoms with Crippen LogP contribution in [-0.2, 0) is 13.1 Å². The molecular formula is C26H24ClN7. The van der Waals surface area contributed by atoms with E-state index in [0.717, 1.165) is 38.6 Å². The van der Waals surface area contributed by atoms with E-state index in [1.165, 1.54) is 11.1 Å². The van der Waals surface area contributed by atoms with Crippen LogP contribution in [0.5, 0.6) is 0 Å². The first-order valence-electron chi connectivity index (χ1n) is 11.0. The van der Waals surface area contributed by atoms with E-state index >= 15 is 0 Å². The number of nitrogens with two attached hydrogens (primary N) is 1. The Labute approximate surface area is 202 Å². The van der Waals surface area contributed by atoms with E-state index in [4.69, 9.17) is 17.3 Å². The second-order valence-corrected chi connectivity index (χ2v) is 8.63. The number of nitrogens with zero attached hydrogens (tertiary/aromatic N) is 4. The lowest BCUT2D eigenvalue weighted by atomic mass is 9.96. The van der Waals surface area contributed by atoms with Crippen LogP contribution < -0.4 is 16.4 Å². The highest BCUT2D eigenvalue weighted by atomic mass is 35.5. The number of nitrogens with one attached hydrogen (secondary N) is 2. The summed E-state index contributed by atoms with van der Waals surface area (Å²) in [5.74, 6) is 2.00. The molecule has 0 saturated heterocycles. The van der Waals surface area contributed by atoms with E-state index in [0.29, 0.717) is 29.7 Å². The Hall–Kier alpha value is -3.97. The summed E-state index contributed by atoms with van der Waals surface area (Å²) >= 11 is 6.33. The minimum atomic E-state index is 0.524. The quantitative estimate of drug-likeness (QED) is 0.295. The molecule has 170 valence electrons. The molecule has 0 bridgehead atoms. The van der Waals surface area contributed by atoms with Gasteiger partial charge in [0.05, 0.1) is 12.2 Å². The normalized spacial score (nSPS) is 11.1. The molecule has 5 rings (SSSR count). The molecule has 0 aliphatic rings. The molecule has 5 aromatic rings. The van der Waals surface area contributed by atoms with Crippen molar-refractivity contribution in [2.45, 2.75) is 26.9 Å². The maximum atomic E-state index is 6.33. The van der Waals surface area contributed by atoms with E-state index in [2.05, 4.69) is 50.5 Å². The van der Waals surface area contributed by atoms with Gasteiger partial charge >= 0.3 is 0 Å². The third-order valence-electron chi connectivity index (χ3n) is 6.05. The molecule has 3 heterocycles. The number of aromatic nitrogens is 4. The van der Waals surface area contributed by atoms with Gasteiger partial charge in [-0.3, -0.25) is 4.98 Å². The summed E-state index contributed by atoms with van der Waals surface area (Å²) in [4.78, 5) is 17.4. The number of aryl methyl sites for hydroxylation is 2. The van der Waals surface area contributed by atoms with Gasteiger partial charge < -0.3 is 16.4 Å². The first kappa shape index (κ1) is 21.9. The number of hydrogen-bond acceptors (Lipinski definition) is 7. The van der Waals surface area contributed by atoms with Gasteiger partial charge in [-0.05, 0) is 60.2 Å². The first-order chi connectivity index (χ1) is 16.5. The number of fused-ring (bicyclic) bond motifs is 2. The zero-order chi connectivity index (χ0) is 23.7. The Morgan fingerprint density at radius 3 is 2.47 bits per heavy atom. The van der Waals surface area contributed by atoms with Gasteiger partial charge in [0.15, 0.2) is 0 Å². The van der Waals surface area contributed by atoms with E-state index < -0.39 is 0 Å². The molecular weight excluding hydrogens is 446 g/mol. The van der Waals surface area contributed by atoms with Crippen LogP contribution in [0.25, 0.3) is 21.5 Å². The highest BCUT2D eigenvalue weighted by Gasteiger charge is 2.11. The van der Waals surface area contributed by atoms with E-state index in [1.54, 1.807) is 12.5 Å². The average molecular weight is 470 g/mol. The van der Waals surface area contributed by atoms with Gasteiger partial charge in [-0.2, -0.15) is 0 Å². The minimum Gasteiger partial charge on any atom is -0.383 e. The predicted molar refractivity (Wildman–Crippen MR) is 139 cm³/mol. The number of hydrogen-bond donors (Lipinski definition) is 3. The minimum absolute atomic E-state index is 0.524. The van der Waals surface area contributed by atoms with Crippen molar-refractivity contribution in [1.82, 2.24) is 19.9 Å². The molecule has 0 amide bonds. The third-order valence-corrected chi connectivity index (χ3v) is 6.38. The maximum absolute atomic E-state index is 6.33. The van der Waals surface area contributed by atoms with Gasteiger partial charge in [0.2, 0.25) is 0 Å². The molecule has 0 spiro atoms. The highest BCUT2D eigenvalue weighted by Crippen LogP contribution is 2.28. The Kier molecular flexibility index (Phi) is 5.86. The van der Waals surface area contributed by atoms with Crippen molar-refractivity contribution in [1.29, 1.82) is 0 Å². The van der Waals surface area contributed by atoms with E-state index in [1.807, 2.05) is 42.6 Å². The summed E-state index contributed by atoms with van der Waals surface area (Å²) < 4.78 is 0. The fourth-order valence-corrected chi connectivity index (χ4v) is 4.42. The number of rotatable bonds is 6. The molecule has 7 nitrogen and oxygen atoms in total. The van der Waals surface area contributed by atoms with Gasteiger partial charge in [0.1, 0.15) is 23.8 Å². The van der Waals surface area contributed by atoms with Gasteiger partial charge in [-0.1, -0.05) is 23.7 Å². The Bertz CT molecular complexity index is 1520. The molecule has 3 aromatic heterocycles. The van der Waals surface area contributed by atoms with Crippen LogP contribution in [0.1, 0.15) is 22.4 Å². The maximum Gasteiger partial charge on any atom is 0.131 e. The van der Waals surface area contributed by atoms with Crippen LogP contribution in [0.2, 0.25) is 5.02 Å². The summed E-state index contributed by atoms with van der Waals surface area (Å²) in [5, 5.41) is 11.6. The summed E-state index contributed by atoms with van der Waals surface area (Å²) in [6.45, 7) is 5.36. The van der Waals surface area contributed by atoms with Gasteiger partial charge in [-0.25, -0.2) is 15.0 Å². The van der Waals surface area contributed by atoms with Crippen molar-refractivity contribution in [3.63, 3.8) is 0 Å². The second-order valence-electron chi connectivity index (χ2n) is 8.22. The summed E-state index contributed by atoms with van der Waals surface area (Å²) in [6, 6.07) is 13.8. The van der Waals surface area contributed by atoms with Gasteiger partial charge in [0.25, 0.3) is 0 Å². The summed E-state index contributed by atoms with van der Waals surface area (Å²) in [7, 11) is 0. The molecule has 2 aromatic carbocycles. The molecule has 8 heteroatoms. The highest BCUT2D eigenvalue weighted by molar-refractivity contribution is 6.35. The fraction of sp³-hybridized carbons (Fsp3) is 0.154. The van der Waals surface area contributed by atoms with Crippen LogP contribution in [0, 0.1) is 13.8 Å². The van der Waals surface area contributed by atoms with Crippen molar-refractivity contribution in [2.75, 3.05) is 16.4 Å². The molecule has 0 aliphatic carbocycles. The molecule has 0 aliphatic heterocycles. The zero-order valence-electron chi connectivity index (χ0n) is 18.9. The number of halogens is 1. The lowest BCUT2D eigenvalue weighted by Crippen LogP contribution is -2.08. The van der Waals surface area contributed by atoms with Gasteiger partial charge in [0, 0.05) is 46.2 Å². The van der Waals surface area contributed by atoms with Crippen LogP contribution in [-0.4, -0.2) is 19.9 Å². The second kappa shape index (κ2) is 9.11. The average Bonchev–Trinajstić information content (AvgIpc) is 2.84. The topological polar surface area (TPSA) is 102 Å². The fourth-order valence-electron chi connectivity index (χ4n) is 4.18. The molecule has 0 fully saturated rings. The largest absolute Gasteiger partial charge is 0.383 e. The smallest absolute Gasteiger partial charge is 0.131 e. The number of nitrogen functional groups attached to an aromatic ring is 1. The van der Waals surface area contributed by atoms with Crippen LogP contribution >= 0.6 is 11.6 Å². The number of anilines is 3. The SMILES string of the molecule is Cc1cc2c(N)nccc2c(C)c1CNc1cc(NCc2cc3c(Cl)cccc3cn2)ncn1. The lowest BCUT2D eigenvalue weighted by Gasteiger charge is -2.15. The zero-order valence-corrected chi connectivity index (χ0v) is 19.7. The van der Waals surface area contributed by atoms with Crippen molar-refractivity contribution >= 4 is 50.6 Å². The van der Waals surface area contributed by atoms with Crippen LogP contribution in [0.3, 0.4) is 0 Å². The summed E-state index contributed by atoms with van der Waals surface area (Å²) in [5.41, 5.74) is 10.5. The molecule has 0 unspecified atom stereocenters. The standard InChI is InChI=1S/C26H24ClN7/c1-15-8-21-19(6-7-29-26(21)28)16(2)22(15)13-32-25-10-24(33-14-34-25)31-12-18-9-20-17(11-30-18)4-3-5-23(20)27/h3-11,14H,12-13H2,1-2H3,(H2,28,29)(H2,31,32,33,34). The van der Waals surface area contributed by atoms with Crippen molar-refractivity contribution in [2.24, 2.45) is 0 Å². The van der Waals surface area contributed by atoms with E-state index in [-0.39, 0.29) is 0 Å². The molecule has 0 saturated carbocycles. The number of pyridine rings is 2. The van der Waals surface area contributed by atoms with Crippen molar-refractivity contribution in [3.05, 3.63) is 88.6 Å². The Morgan fingerprint density at radius 1 is 0.853 bits per heavy atom. The molecule has 34 heavy (non-hydrogen) atoms. The third kappa shape index (κ3) is 4.30. The van der Waals surface area contributed by atoms with Crippen LogP contribution in [0.4, 0.5) is 17.5 Å². The van der Waals surface area contributed by atoms with Gasteiger partial charge in [-0.15, -0.1) is 0 Å². The first-order valence-corrected chi connectivity index (χ1v) is 11.3. The molecule has 4 N–H and O–H groups in total. The lowest BCUT2D eigenvalue weighted by molar-refractivity contribution is 1.02. The van der Waals surface area contributed by atoms with Crippen LogP contribution in [0.15, 0.2) is 61.2 Å². The predicted octanol–water partition coefficient (Wildman–Crippen LogP) is 5.65. The molecule has 0 atom stereocenters. The van der Waals surface area contributed by atoms with Crippen molar-refractivity contribution in [3.8, 4) is 0 Å². The van der Waals surface area contributed by atoms with Crippen molar-refractivity contribution < 1.29 is 0 Å². The molecule has 0 radical (unpaired) electrons. The Morgan fingerprint density at radius 2 is 1.65 bits per heavy atom. The van der Waals surface area contributed by atoms with E-state index in [9.17, 15) is 0 Å². The number of benzene rings is 2. The summed E-state index contributed by atoms with van der Waals surface area (Å²) in [6.07, 6.45) is 5.13. The Balaban J connectivity index is 1.30. The monoisotopic (exact) mass is 469 g/mol.